The zero-order chi connectivity index (χ0) is 12.6. The Balaban J connectivity index is 2.37. The second-order valence-electron chi connectivity index (χ2n) is 4.25. The van der Waals surface area contributed by atoms with Crippen molar-refractivity contribution in [3.8, 4) is 0 Å². The van der Waals surface area contributed by atoms with E-state index in [9.17, 15) is 9.59 Å². The van der Waals surface area contributed by atoms with Crippen LogP contribution in [0.5, 0.6) is 0 Å². The lowest BCUT2D eigenvalue weighted by Crippen LogP contribution is -2.34. The summed E-state index contributed by atoms with van der Waals surface area (Å²) in [7, 11) is 0. The molecule has 0 aliphatic carbocycles. The molecule has 1 aromatic heterocycles. The molecule has 2 rings (SSSR count). The lowest BCUT2D eigenvalue weighted by molar-refractivity contribution is -0.116. The Bertz CT molecular complexity index is 452. The molecular weight excluding hydrogens is 220 g/mol. The van der Waals surface area contributed by atoms with E-state index < -0.39 is 0 Å². The molecule has 1 saturated heterocycles. The minimum atomic E-state index is -0.264. The number of carbonyl (C=O) groups is 2. The number of rotatable bonds is 3. The molecule has 0 atom stereocenters. The normalized spacial score (nSPS) is 16.5. The number of likely N-dealkylation sites (N-methyl/N-ethyl adjacent to an activating group) is 1. The molecule has 2 heterocycles. The summed E-state index contributed by atoms with van der Waals surface area (Å²) in [6.07, 6.45) is 1.60. The summed E-state index contributed by atoms with van der Waals surface area (Å²) in [6, 6.07) is 1.53. The lowest BCUT2D eigenvalue weighted by atomic mass is 10.4. The van der Waals surface area contributed by atoms with Crippen LogP contribution in [-0.4, -0.2) is 39.7 Å². The molecule has 1 aliphatic heterocycles. The van der Waals surface area contributed by atoms with Crippen molar-refractivity contribution in [2.75, 3.05) is 18.0 Å². The van der Waals surface area contributed by atoms with Gasteiger partial charge in [-0.15, -0.1) is 0 Å². The van der Waals surface area contributed by atoms with Crippen molar-refractivity contribution in [3.63, 3.8) is 0 Å². The summed E-state index contributed by atoms with van der Waals surface area (Å²) in [5, 5.41) is 4.13. The van der Waals surface area contributed by atoms with Crippen LogP contribution in [0, 0.1) is 0 Å². The first-order valence-electron chi connectivity index (χ1n) is 5.71. The van der Waals surface area contributed by atoms with E-state index in [0.29, 0.717) is 12.4 Å². The van der Waals surface area contributed by atoms with E-state index in [0.717, 1.165) is 0 Å². The molecule has 0 N–H and O–H groups in total. The third kappa shape index (κ3) is 1.79. The maximum absolute atomic E-state index is 12.0. The van der Waals surface area contributed by atoms with Crippen LogP contribution in [0.1, 0.15) is 26.8 Å². The highest BCUT2D eigenvalue weighted by Gasteiger charge is 2.38. The number of hydrogen-bond acceptors (Lipinski definition) is 3. The first-order valence-corrected chi connectivity index (χ1v) is 5.71. The Morgan fingerprint density at radius 2 is 2.12 bits per heavy atom. The van der Waals surface area contributed by atoms with E-state index >= 15 is 0 Å². The van der Waals surface area contributed by atoms with Crippen LogP contribution in [0.25, 0.3) is 0 Å². The zero-order valence-electron chi connectivity index (χ0n) is 10.3. The Hall–Kier alpha value is -1.85. The molecular formula is C11H16N4O2. The van der Waals surface area contributed by atoms with E-state index in [1.807, 2.05) is 20.8 Å². The molecule has 3 amide bonds. The predicted octanol–water partition coefficient (Wildman–Crippen LogP) is 1.25. The van der Waals surface area contributed by atoms with Gasteiger partial charge in [0.25, 0.3) is 5.91 Å². The van der Waals surface area contributed by atoms with Gasteiger partial charge in [-0.1, -0.05) is 0 Å². The monoisotopic (exact) mass is 236 g/mol. The molecule has 0 aromatic carbocycles. The second kappa shape index (κ2) is 4.20. The number of imide groups is 1. The fourth-order valence-corrected chi connectivity index (χ4v) is 1.90. The van der Waals surface area contributed by atoms with Crippen LogP contribution in [-0.2, 0) is 4.79 Å². The van der Waals surface area contributed by atoms with Crippen molar-refractivity contribution >= 4 is 17.8 Å². The highest BCUT2D eigenvalue weighted by molar-refractivity contribution is 6.19. The molecule has 6 nitrogen and oxygen atoms in total. The van der Waals surface area contributed by atoms with Crippen molar-refractivity contribution in [2.45, 2.75) is 26.8 Å². The largest absolute Gasteiger partial charge is 0.333 e. The van der Waals surface area contributed by atoms with Crippen molar-refractivity contribution in [1.82, 2.24) is 14.7 Å². The van der Waals surface area contributed by atoms with Crippen LogP contribution in [0.2, 0.25) is 0 Å². The standard InChI is InChI=1S/C11H16N4O2/c1-4-13-7-10(16)14(11(13)17)9-5-6-12-15(9)8(2)3/h5-6,8H,4,7H2,1-3H3. The van der Waals surface area contributed by atoms with Crippen LogP contribution in [0.15, 0.2) is 12.3 Å². The number of hydrogen-bond donors (Lipinski definition) is 0. The van der Waals surface area contributed by atoms with Crippen LogP contribution >= 0.6 is 0 Å². The van der Waals surface area contributed by atoms with Gasteiger partial charge >= 0.3 is 6.03 Å². The SMILES string of the molecule is CCN1CC(=O)N(c2ccnn2C(C)C)C1=O. The molecule has 17 heavy (non-hydrogen) atoms. The van der Waals surface area contributed by atoms with Gasteiger partial charge in [-0.3, -0.25) is 4.79 Å². The van der Waals surface area contributed by atoms with Gasteiger partial charge in [-0.05, 0) is 20.8 Å². The Morgan fingerprint density at radius 1 is 1.41 bits per heavy atom. The Labute approximate surface area is 99.8 Å². The minimum absolute atomic E-state index is 0.108. The number of aromatic nitrogens is 2. The van der Waals surface area contributed by atoms with Gasteiger partial charge in [0.15, 0.2) is 0 Å². The molecule has 92 valence electrons. The zero-order valence-corrected chi connectivity index (χ0v) is 10.3. The molecule has 0 saturated carbocycles. The fourth-order valence-electron chi connectivity index (χ4n) is 1.90. The van der Waals surface area contributed by atoms with Crippen molar-refractivity contribution < 1.29 is 9.59 Å². The first kappa shape index (κ1) is 11.6. The van der Waals surface area contributed by atoms with Gasteiger partial charge < -0.3 is 4.90 Å². The van der Waals surface area contributed by atoms with Gasteiger partial charge in [-0.25, -0.2) is 14.4 Å². The Kier molecular flexibility index (Phi) is 2.87. The molecule has 0 radical (unpaired) electrons. The van der Waals surface area contributed by atoms with E-state index in [2.05, 4.69) is 5.10 Å². The van der Waals surface area contributed by atoms with Gasteiger partial charge in [-0.2, -0.15) is 5.10 Å². The van der Waals surface area contributed by atoms with Gasteiger partial charge in [0.2, 0.25) is 0 Å². The number of amides is 3. The lowest BCUT2D eigenvalue weighted by Gasteiger charge is -2.18. The average Bonchev–Trinajstić information content (AvgIpc) is 2.83. The minimum Gasteiger partial charge on any atom is -0.315 e. The average molecular weight is 236 g/mol. The van der Waals surface area contributed by atoms with Crippen LogP contribution in [0.3, 0.4) is 0 Å². The summed E-state index contributed by atoms with van der Waals surface area (Å²) < 4.78 is 1.68. The smallest absolute Gasteiger partial charge is 0.315 e. The van der Waals surface area contributed by atoms with Gasteiger partial charge in [0.1, 0.15) is 12.4 Å². The molecule has 0 spiro atoms. The summed E-state index contributed by atoms with van der Waals surface area (Å²) in [6.45, 7) is 6.46. The summed E-state index contributed by atoms with van der Waals surface area (Å²) >= 11 is 0. The third-order valence-electron chi connectivity index (χ3n) is 2.79. The molecule has 1 aromatic rings. The molecule has 6 heteroatoms. The number of nitrogens with zero attached hydrogens (tertiary/aromatic N) is 4. The predicted molar refractivity (Wildman–Crippen MR) is 62.7 cm³/mol. The highest BCUT2D eigenvalue weighted by atomic mass is 16.2. The van der Waals surface area contributed by atoms with Crippen molar-refractivity contribution in [3.05, 3.63) is 12.3 Å². The van der Waals surface area contributed by atoms with E-state index in [4.69, 9.17) is 0 Å². The second-order valence-corrected chi connectivity index (χ2v) is 4.25. The Morgan fingerprint density at radius 3 is 2.65 bits per heavy atom. The first-order chi connectivity index (χ1) is 8.06. The number of carbonyl (C=O) groups excluding carboxylic acids is 2. The van der Waals surface area contributed by atoms with E-state index in [1.165, 1.54) is 9.80 Å². The summed E-state index contributed by atoms with van der Waals surface area (Å²) in [4.78, 5) is 26.6. The maximum Gasteiger partial charge on any atom is 0.333 e. The topological polar surface area (TPSA) is 58.4 Å². The van der Waals surface area contributed by atoms with Crippen LogP contribution < -0.4 is 4.90 Å². The molecule has 0 unspecified atom stereocenters. The number of anilines is 1. The molecule has 0 bridgehead atoms. The summed E-state index contributed by atoms with van der Waals surface area (Å²) in [5.41, 5.74) is 0. The summed E-state index contributed by atoms with van der Waals surface area (Å²) in [5.74, 6) is 0.352. The van der Waals surface area contributed by atoms with Crippen LogP contribution in [0.4, 0.5) is 10.6 Å². The van der Waals surface area contributed by atoms with Crippen molar-refractivity contribution in [1.29, 1.82) is 0 Å². The van der Waals surface area contributed by atoms with Gasteiger partial charge in [0, 0.05) is 18.7 Å². The molecule has 1 aliphatic rings. The quantitative estimate of drug-likeness (QED) is 0.742. The molecule has 1 fully saturated rings. The maximum atomic E-state index is 12.0. The fraction of sp³-hybridized carbons (Fsp3) is 0.545. The highest BCUT2D eigenvalue weighted by Crippen LogP contribution is 2.23. The van der Waals surface area contributed by atoms with E-state index in [-0.39, 0.29) is 24.5 Å². The van der Waals surface area contributed by atoms with Crippen molar-refractivity contribution in [2.24, 2.45) is 0 Å². The number of urea groups is 1. The van der Waals surface area contributed by atoms with Gasteiger partial charge in [0.05, 0.1) is 6.20 Å². The third-order valence-corrected chi connectivity index (χ3v) is 2.79. The van der Waals surface area contributed by atoms with E-state index in [1.54, 1.807) is 16.9 Å².